The van der Waals surface area contributed by atoms with E-state index in [2.05, 4.69) is 20.9 Å². The molecule has 1 aromatic carbocycles. The van der Waals surface area contributed by atoms with Crippen LogP contribution >= 0.6 is 27.5 Å². The summed E-state index contributed by atoms with van der Waals surface area (Å²) in [7, 11) is 1.54. The number of methoxy groups -OCH3 is 1. The van der Waals surface area contributed by atoms with Gasteiger partial charge in [-0.1, -0.05) is 17.7 Å². The lowest BCUT2D eigenvalue weighted by Crippen LogP contribution is -2.02. The van der Waals surface area contributed by atoms with E-state index in [0.29, 0.717) is 22.0 Å². The van der Waals surface area contributed by atoms with Crippen LogP contribution in [0.4, 0.5) is 0 Å². The van der Waals surface area contributed by atoms with Crippen LogP contribution in [0.15, 0.2) is 41.0 Å². The summed E-state index contributed by atoms with van der Waals surface area (Å²) in [5, 5.41) is 10.7. The van der Waals surface area contributed by atoms with Crippen LogP contribution in [0.3, 0.4) is 0 Å². The molecular formula is C13H11BrClNO2. The molecule has 0 bridgehead atoms. The number of pyridine rings is 1. The van der Waals surface area contributed by atoms with Crippen LogP contribution in [0.1, 0.15) is 17.4 Å². The molecule has 0 saturated heterocycles. The number of ether oxygens (including phenoxy) is 1. The van der Waals surface area contributed by atoms with Crippen LogP contribution < -0.4 is 4.74 Å². The van der Waals surface area contributed by atoms with E-state index in [1.165, 1.54) is 7.11 Å². The van der Waals surface area contributed by atoms with Crippen molar-refractivity contribution in [3.05, 3.63) is 57.3 Å². The molecule has 1 unspecified atom stereocenters. The highest BCUT2D eigenvalue weighted by Crippen LogP contribution is 2.30. The van der Waals surface area contributed by atoms with Crippen LogP contribution in [-0.2, 0) is 0 Å². The van der Waals surface area contributed by atoms with Gasteiger partial charge in [-0.15, -0.1) is 0 Å². The number of nitrogens with zero attached hydrogens (tertiary/aromatic N) is 1. The Morgan fingerprint density at radius 2 is 2.11 bits per heavy atom. The number of rotatable bonds is 3. The zero-order chi connectivity index (χ0) is 13.1. The quantitative estimate of drug-likeness (QED) is 0.936. The smallest absolute Gasteiger partial charge is 0.137 e. The highest BCUT2D eigenvalue weighted by molar-refractivity contribution is 9.10. The summed E-state index contributed by atoms with van der Waals surface area (Å²) < 4.78 is 5.99. The molecular weight excluding hydrogens is 318 g/mol. The second-order valence-corrected chi connectivity index (χ2v) is 5.02. The van der Waals surface area contributed by atoms with Gasteiger partial charge in [-0.3, -0.25) is 4.98 Å². The van der Waals surface area contributed by atoms with Gasteiger partial charge in [-0.05, 0) is 45.8 Å². The van der Waals surface area contributed by atoms with Gasteiger partial charge in [0.15, 0.2) is 0 Å². The minimum Gasteiger partial charge on any atom is -0.495 e. The normalized spacial score (nSPS) is 12.2. The van der Waals surface area contributed by atoms with E-state index in [1.54, 1.807) is 30.5 Å². The Labute approximate surface area is 119 Å². The monoisotopic (exact) mass is 327 g/mol. The topological polar surface area (TPSA) is 42.4 Å². The summed E-state index contributed by atoms with van der Waals surface area (Å²) in [5.74, 6) is 0.533. The van der Waals surface area contributed by atoms with Gasteiger partial charge in [-0.2, -0.15) is 0 Å². The third kappa shape index (κ3) is 2.83. The molecule has 0 radical (unpaired) electrons. The average Bonchev–Trinajstić information content (AvgIpc) is 2.39. The first kappa shape index (κ1) is 13.3. The van der Waals surface area contributed by atoms with Crippen molar-refractivity contribution in [1.82, 2.24) is 4.98 Å². The summed E-state index contributed by atoms with van der Waals surface area (Å²) in [6, 6.07) is 8.74. The molecule has 1 heterocycles. The van der Waals surface area contributed by atoms with Gasteiger partial charge in [0.2, 0.25) is 0 Å². The fourth-order valence-electron chi connectivity index (χ4n) is 1.57. The molecule has 0 saturated carbocycles. The van der Waals surface area contributed by atoms with Gasteiger partial charge in [0.25, 0.3) is 0 Å². The van der Waals surface area contributed by atoms with Crippen molar-refractivity contribution in [3.63, 3.8) is 0 Å². The second-order valence-electron chi connectivity index (χ2n) is 3.70. The highest BCUT2D eigenvalue weighted by Gasteiger charge is 2.13. The van der Waals surface area contributed by atoms with E-state index in [1.807, 2.05) is 6.07 Å². The van der Waals surface area contributed by atoms with Crippen molar-refractivity contribution < 1.29 is 9.84 Å². The first-order valence-electron chi connectivity index (χ1n) is 5.25. The molecule has 18 heavy (non-hydrogen) atoms. The first-order valence-corrected chi connectivity index (χ1v) is 6.42. The third-order valence-corrected chi connectivity index (χ3v) is 3.30. The summed E-state index contributed by atoms with van der Waals surface area (Å²) in [4.78, 5) is 4.16. The molecule has 3 nitrogen and oxygen atoms in total. The predicted molar refractivity (Wildman–Crippen MR) is 74.0 cm³/mol. The van der Waals surface area contributed by atoms with Crippen LogP contribution in [-0.4, -0.2) is 17.2 Å². The zero-order valence-corrected chi connectivity index (χ0v) is 11.9. The van der Waals surface area contributed by atoms with E-state index in [9.17, 15) is 5.11 Å². The van der Waals surface area contributed by atoms with Gasteiger partial charge >= 0.3 is 0 Å². The molecule has 0 amide bonds. The maximum Gasteiger partial charge on any atom is 0.137 e. The van der Waals surface area contributed by atoms with Crippen molar-refractivity contribution in [1.29, 1.82) is 0 Å². The molecule has 0 aliphatic heterocycles. The summed E-state index contributed by atoms with van der Waals surface area (Å²) in [6.07, 6.45) is 0.843. The highest BCUT2D eigenvalue weighted by atomic mass is 79.9. The van der Waals surface area contributed by atoms with Gasteiger partial charge < -0.3 is 9.84 Å². The largest absolute Gasteiger partial charge is 0.495 e. The van der Waals surface area contributed by atoms with E-state index in [4.69, 9.17) is 16.3 Å². The van der Waals surface area contributed by atoms with Crippen molar-refractivity contribution in [2.45, 2.75) is 6.10 Å². The molecule has 94 valence electrons. The molecule has 1 atom stereocenters. The zero-order valence-electron chi connectivity index (χ0n) is 9.60. The van der Waals surface area contributed by atoms with Gasteiger partial charge in [0, 0.05) is 10.7 Å². The predicted octanol–water partition coefficient (Wildman–Crippen LogP) is 3.59. The van der Waals surface area contributed by atoms with Gasteiger partial charge in [-0.25, -0.2) is 0 Å². The van der Waals surface area contributed by atoms with E-state index in [0.717, 1.165) is 4.47 Å². The number of aliphatic hydroxyl groups is 1. The van der Waals surface area contributed by atoms with Crippen molar-refractivity contribution in [2.24, 2.45) is 0 Å². The standard InChI is InChI=1S/C13H11BrClNO2/c1-18-12-6-8(2-4-10(12)15)13(17)11-5-3-9(14)7-16-11/h2-7,13,17H,1H3. The molecule has 0 aliphatic rings. The van der Waals surface area contributed by atoms with E-state index >= 15 is 0 Å². The average molecular weight is 329 g/mol. The Hall–Kier alpha value is -1.10. The molecule has 0 fully saturated rings. The van der Waals surface area contributed by atoms with Crippen molar-refractivity contribution >= 4 is 27.5 Å². The molecule has 0 aliphatic carbocycles. The second kappa shape index (κ2) is 5.69. The maximum absolute atomic E-state index is 10.2. The summed E-state index contributed by atoms with van der Waals surface area (Å²) in [5.41, 5.74) is 1.26. The van der Waals surface area contributed by atoms with Crippen LogP contribution in [0.5, 0.6) is 5.75 Å². The lowest BCUT2D eigenvalue weighted by Gasteiger charge is -2.12. The number of benzene rings is 1. The Balaban J connectivity index is 2.33. The third-order valence-electron chi connectivity index (χ3n) is 2.52. The van der Waals surface area contributed by atoms with E-state index < -0.39 is 6.10 Å². The minimum absolute atomic E-state index is 0.511. The Kier molecular flexibility index (Phi) is 4.22. The Morgan fingerprint density at radius 1 is 1.33 bits per heavy atom. The van der Waals surface area contributed by atoms with Crippen LogP contribution in [0.2, 0.25) is 5.02 Å². The fraction of sp³-hybridized carbons (Fsp3) is 0.154. The van der Waals surface area contributed by atoms with Crippen LogP contribution in [0.25, 0.3) is 0 Å². The Bertz CT molecular complexity index is 545. The molecule has 0 spiro atoms. The maximum atomic E-state index is 10.2. The molecule has 5 heteroatoms. The van der Waals surface area contributed by atoms with Crippen LogP contribution in [0, 0.1) is 0 Å². The molecule has 2 rings (SSSR count). The lowest BCUT2D eigenvalue weighted by atomic mass is 10.1. The summed E-state index contributed by atoms with van der Waals surface area (Å²) in [6.45, 7) is 0. The molecule has 1 aromatic heterocycles. The number of aliphatic hydroxyl groups excluding tert-OH is 1. The van der Waals surface area contributed by atoms with E-state index in [-0.39, 0.29) is 0 Å². The molecule has 1 N–H and O–H groups in total. The van der Waals surface area contributed by atoms with Crippen molar-refractivity contribution in [3.8, 4) is 5.75 Å². The molecule has 2 aromatic rings. The van der Waals surface area contributed by atoms with Gasteiger partial charge in [0.1, 0.15) is 11.9 Å². The van der Waals surface area contributed by atoms with Gasteiger partial charge in [0.05, 0.1) is 17.8 Å². The summed E-state index contributed by atoms with van der Waals surface area (Å²) >= 11 is 9.24. The minimum atomic E-state index is -0.802. The number of halogens is 2. The fourth-order valence-corrected chi connectivity index (χ4v) is 2.00. The first-order chi connectivity index (χ1) is 8.61. The number of aromatic nitrogens is 1. The van der Waals surface area contributed by atoms with Crippen molar-refractivity contribution in [2.75, 3.05) is 7.11 Å². The Morgan fingerprint density at radius 3 is 2.72 bits per heavy atom. The number of hydrogen-bond acceptors (Lipinski definition) is 3. The SMILES string of the molecule is COc1cc(C(O)c2ccc(Br)cn2)ccc1Cl. The lowest BCUT2D eigenvalue weighted by molar-refractivity contribution is 0.215. The number of hydrogen-bond donors (Lipinski definition) is 1.